The number of hydrogen-bond acceptors (Lipinski definition) is 2. The first-order valence-electron chi connectivity index (χ1n) is 8.58. The molecule has 2 aromatic rings. The molecule has 0 bridgehead atoms. The highest BCUT2D eigenvalue weighted by Crippen LogP contribution is 2.24. The third-order valence-corrected chi connectivity index (χ3v) is 4.53. The molecule has 0 saturated heterocycles. The Morgan fingerprint density at radius 2 is 2.00 bits per heavy atom. The number of benzene rings is 1. The fraction of sp³-hybridized carbons (Fsp3) is 0.381. The van der Waals surface area contributed by atoms with E-state index in [0.29, 0.717) is 0 Å². The number of hydrogen-bond donors (Lipinski definition) is 0. The Morgan fingerprint density at radius 3 is 2.75 bits per heavy atom. The van der Waals surface area contributed by atoms with Crippen molar-refractivity contribution in [1.29, 1.82) is 0 Å². The van der Waals surface area contributed by atoms with Crippen molar-refractivity contribution >= 4 is 12.2 Å². The van der Waals surface area contributed by atoms with Crippen LogP contribution < -0.4 is 0 Å². The summed E-state index contributed by atoms with van der Waals surface area (Å²) in [6.07, 6.45) is 12.8. The first-order valence-corrected chi connectivity index (χ1v) is 8.99. The lowest BCUT2D eigenvalue weighted by atomic mass is 10.0. The van der Waals surface area contributed by atoms with Gasteiger partial charge in [-0.1, -0.05) is 55.6 Å². The molecule has 0 aliphatic carbocycles. The van der Waals surface area contributed by atoms with E-state index in [0.717, 1.165) is 42.4 Å². The summed E-state index contributed by atoms with van der Waals surface area (Å²) in [4.78, 5) is 0. The normalized spacial score (nSPS) is 11.3. The van der Waals surface area contributed by atoms with Crippen LogP contribution in [-0.4, -0.2) is 18.3 Å². The van der Waals surface area contributed by atoms with Crippen LogP contribution in [0.15, 0.2) is 48.8 Å². The zero-order chi connectivity index (χ0) is 17.4. The minimum absolute atomic E-state index is 0.738. The SMILES string of the molecule is CCC=CCCc1cn(C)cc(-c2cccc(CCOC)c2)c1=S. The lowest BCUT2D eigenvalue weighted by molar-refractivity contribution is 0.202. The fourth-order valence-electron chi connectivity index (χ4n) is 2.80. The van der Waals surface area contributed by atoms with E-state index in [1.807, 2.05) is 0 Å². The Kier molecular flexibility index (Phi) is 7.41. The van der Waals surface area contributed by atoms with Crippen LogP contribution in [0.1, 0.15) is 30.9 Å². The molecule has 1 aromatic carbocycles. The molecule has 24 heavy (non-hydrogen) atoms. The number of nitrogens with zero attached hydrogens (tertiary/aromatic N) is 1. The van der Waals surface area contributed by atoms with Crippen LogP contribution >= 0.6 is 12.2 Å². The summed E-state index contributed by atoms with van der Waals surface area (Å²) in [5.74, 6) is 0. The molecule has 1 heterocycles. The molecule has 0 aliphatic heterocycles. The van der Waals surface area contributed by atoms with Crippen LogP contribution in [0.4, 0.5) is 0 Å². The molecule has 2 rings (SSSR count). The quantitative estimate of drug-likeness (QED) is 0.464. The van der Waals surface area contributed by atoms with Crippen molar-refractivity contribution in [1.82, 2.24) is 4.57 Å². The molecule has 0 aliphatic rings. The Labute approximate surface area is 150 Å². The summed E-state index contributed by atoms with van der Waals surface area (Å²) in [5, 5.41) is 0. The maximum absolute atomic E-state index is 5.78. The van der Waals surface area contributed by atoms with Gasteiger partial charge >= 0.3 is 0 Å². The van der Waals surface area contributed by atoms with E-state index in [-0.39, 0.29) is 0 Å². The highest BCUT2D eigenvalue weighted by Gasteiger charge is 2.07. The van der Waals surface area contributed by atoms with Gasteiger partial charge in [0.05, 0.1) is 11.1 Å². The maximum Gasteiger partial charge on any atom is 0.0516 e. The van der Waals surface area contributed by atoms with Crippen molar-refractivity contribution in [3.05, 3.63) is 64.4 Å². The topological polar surface area (TPSA) is 14.2 Å². The molecule has 1 aromatic heterocycles. The van der Waals surface area contributed by atoms with Crippen molar-refractivity contribution in [2.24, 2.45) is 7.05 Å². The molecule has 0 atom stereocenters. The van der Waals surface area contributed by atoms with Gasteiger partial charge in [-0.3, -0.25) is 0 Å². The summed E-state index contributed by atoms with van der Waals surface area (Å²) in [6.45, 7) is 2.90. The van der Waals surface area contributed by atoms with E-state index >= 15 is 0 Å². The predicted octanol–water partition coefficient (Wildman–Crippen LogP) is 5.51. The third-order valence-electron chi connectivity index (χ3n) is 4.04. The Balaban J connectivity index is 2.31. The van der Waals surface area contributed by atoms with E-state index in [1.165, 1.54) is 16.7 Å². The van der Waals surface area contributed by atoms with Crippen LogP contribution in [0, 0.1) is 4.51 Å². The summed E-state index contributed by atoms with van der Waals surface area (Å²) in [6, 6.07) is 8.61. The highest BCUT2D eigenvalue weighted by atomic mass is 32.1. The molecule has 3 heteroatoms. The maximum atomic E-state index is 5.78. The van der Waals surface area contributed by atoms with Gasteiger partial charge < -0.3 is 9.30 Å². The number of methoxy groups -OCH3 is 1. The Bertz CT molecular complexity index is 746. The summed E-state index contributed by atoms with van der Waals surface area (Å²) in [7, 11) is 3.81. The van der Waals surface area contributed by atoms with E-state index < -0.39 is 0 Å². The van der Waals surface area contributed by atoms with Gasteiger partial charge in [-0.15, -0.1) is 0 Å². The molecule has 0 N–H and O–H groups in total. The number of aryl methyl sites for hydroxylation is 2. The number of aromatic nitrogens is 1. The lowest BCUT2D eigenvalue weighted by Gasteiger charge is -2.11. The molecule has 0 spiro atoms. The average Bonchev–Trinajstić information content (AvgIpc) is 2.59. The zero-order valence-electron chi connectivity index (χ0n) is 14.9. The smallest absolute Gasteiger partial charge is 0.0516 e. The molecular weight excluding hydrogens is 314 g/mol. The molecule has 2 nitrogen and oxygen atoms in total. The van der Waals surface area contributed by atoms with Crippen LogP contribution in [0.25, 0.3) is 11.1 Å². The Morgan fingerprint density at radius 1 is 1.17 bits per heavy atom. The first kappa shape index (κ1) is 18.6. The molecular formula is C21H27NOS. The highest BCUT2D eigenvalue weighted by molar-refractivity contribution is 7.71. The second kappa shape index (κ2) is 9.55. The van der Waals surface area contributed by atoms with Gasteiger partial charge in [0.15, 0.2) is 0 Å². The van der Waals surface area contributed by atoms with E-state index in [1.54, 1.807) is 7.11 Å². The van der Waals surface area contributed by atoms with Crippen molar-refractivity contribution in [2.75, 3.05) is 13.7 Å². The standard InChI is InChI=1S/C21H27NOS/c1-4-5-6-7-10-19-15-22(2)16-20(21(19)24)18-11-8-9-17(14-18)12-13-23-3/h5-6,8-9,11,14-16H,4,7,10,12-13H2,1-3H3. The Hall–Kier alpha value is -1.71. The molecule has 128 valence electrons. The molecule has 0 fully saturated rings. The summed E-state index contributed by atoms with van der Waals surface area (Å²) < 4.78 is 8.28. The number of allylic oxidation sites excluding steroid dienone is 2. The van der Waals surface area contributed by atoms with E-state index in [9.17, 15) is 0 Å². The fourth-order valence-corrected chi connectivity index (χ4v) is 3.12. The van der Waals surface area contributed by atoms with Crippen LogP contribution in [0.5, 0.6) is 0 Å². The predicted molar refractivity (Wildman–Crippen MR) is 105 cm³/mol. The van der Waals surface area contributed by atoms with Gasteiger partial charge in [0.25, 0.3) is 0 Å². The van der Waals surface area contributed by atoms with Crippen LogP contribution in [-0.2, 0) is 24.6 Å². The van der Waals surface area contributed by atoms with Gasteiger partial charge in [-0.25, -0.2) is 0 Å². The summed E-state index contributed by atoms with van der Waals surface area (Å²) >= 11 is 5.78. The third kappa shape index (κ3) is 5.15. The van der Waals surface area contributed by atoms with E-state index in [2.05, 4.69) is 67.3 Å². The zero-order valence-corrected chi connectivity index (χ0v) is 15.7. The first-order chi connectivity index (χ1) is 11.7. The van der Waals surface area contributed by atoms with Crippen molar-refractivity contribution in [2.45, 2.75) is 32.6 Å². The summed E-state index contributed by atoms with van der Waals surface area (Å²) in [5.41, 5.74) is 4.86. The molecule has 0 amide bonds. The monoisotopic (exact) mass is 341 g/mol. The van der Waals surface area contributed by atoms with Gasteiger partial charge in [0.2, 0.25) is 0 Å². The largest absolute Gasteiger partial charge is 0.384 e. The molecule has 0 saturated carbocycles. The van der Waals surface area contributed by atoms with Gasteiger partial charge in [-0.05, 0) is 42.4 Å². The number of ether oxygens (including phenoxy) is 1. The molecule has 0 radical (unpaired) electrons. The average molecular weight is 342 g/mol. The van der Waals surface area contributed by atoms with Crippen LogP contribution in [0.3, 0.4) is 0 Å². The van der Waals surface area contributed by atoms with Gasteiger partial charge in [0.1, 0.15) is 0 Å². The number of rotatable bonds is 8. The minimum atomic E-state index is 0.738. The van der Waals surface area contributed by atoms with Crippen molar-refractivity contribution in [3.8, 4) is 11.1 Å². The second-order valence-electron chi connectivity index (χ2n) is 6.05. The van der Waals surface area contributed by atoms with Crippen molar-refractivity contribution in [3.63, 3.8) is 0 Å². The minimum Gasteiger partial charge on any atom is -0.384 e. The van der Waals surface area contributed by atoms with Gasteiger partial charge in [-0.2, -0.15) is 0 Å². The molecule has 0 unspecified atom stereocenters. The lowest BCUT2D eigenvalue weighted by Crippen LogP contribution is -1.99. The second-order valence-corrected chi connectivity index (χ2v) is 6.46. The van der Waals surface area contributed by atoms with Gasteiger partial charge in [0, 0.05) is 32.1 Å². The van der Waals surface area contributed by atoms with Crippen molar-refractivity contribution < 1.29 is 4.74 Å². The van der Waals surface area contributed by atoms with Crippen LogP contribution in [0.2, 0.25) is 0 Å². The number of pyridine rings is 1. The van der Waals surface area contributed by atoms with E-state index in [4.69, 9.17) is 17.0 Å².